The summed E-state index contributed by atoms with van der Waals surface area (Å²) in [6, 6.07) is 32.2. The van der Waals surface area contributed by atoms with E-state index in [-0.39, 0.29) is 22.7 Å². The van der Waals surface area contributed by atoms with Gasteiger partial charge in [0, 0.05) is 6.42 Å². The molecule has 0 amide bonds. The van der Waals surface area contributed by atoms with Crippen LogP contribution in [0.2, 0.25) is 0 Å². The topological polar surface area (TPSA) is 54.4 Å². The first-order valence-electron chi connectivity index (χ1n) is 11.5. The van der Waals surface area contributed by atoms with Crippen LogP contribution in [-0.2, 0) is 21.0 Å². The van der Waals surface area contributed by atoms with E-state index >= 15 is 0 Å². The fraction of sp³-hybridized carbons (Fsp3) is 0.333. The lowest BCUT2D eigenvalue weighted by Crippen LogP contribution is -2.32. The third kappa shape index (κ3) is 5.88. The third-order valence-corrected chi connectivity index (χ3v) is 9.85. The number of alkyl halides is 2. The summed E-state index contributed by atoms with van der Waals surface area (Å²) in [6.45, 7) is 0. The molecule has 3 aromatic carbocycles. The van der Waals surface area contributed by atoms with Gasteiger partial charge >= 0.3 is 15.4 Å². The average Bonchev–Trinajstić information content (AvgIpc) is 3.44. The van der Waals surface area contributed by atoms with Gasteiger partial charge in [-0.25, -0.2) is 0 Å². The number of hydrogen-bond donors (Lipinski definition) is 1. The summed E-state index contributed by atoms with van der Waals surface area (Å²) in [5.74, 6) is 0.500. The Bertz CT molecular complexity index is 1060. The molecule has 3 aromatic rings. The van der Waals surface area contributed by atoms with Gasteiger partial charge in [0.15, 0.2) is 14.7 Å². The van der Waals surface area contributed by atoms with E-state index < -0.39 is 21.8 Å². The molecule has 0 radical (unpaired) electrons. The van der Waals surface area contributed by atoms with Crippen LogP contribution in [0.15, 0.2) is 106 Å². The van der Waals surface area contributed by atoms with Crippen molar-refractivity contribution in [2.75, 3.05) is 0 Å². The maximum Gasteiger partial charge on any atom is 0.370 e. The molecule has 0 aromatic heterocycles. The zero-order valence-corrected chi connectivity index (χ0v) is 20.4. The van der Waals surface area contributed by atoms with E-state index in [4.69, 9.17) is 4.55 Å². The molecule has 3 atom stereocenters. The molecule has 0 heterocycles. The Morgan fingerprint density at radius 2 is 1.21 bits per heavy atom. The molecule has 2 aliphatic carbocycles. The standard InChI is InChI=1S/C18H15S.C9H14F2O3S/c1-4-10-16(11-5-1)19(17-12-6-2-7-13-17)18-14-8-3-9-15-18;10-9(11,15(12,13)14)5-8-4-6-1-2-7(8)3-6/h1-15H;6-8H,1-5H2,(H,12,13,14)/q+1;. The van der Waals surface area contributed by atoms with Gasteiger partial charge in [0.2, 0.25) is 0 Å². The predicted molar refractivity (Wildman–Crippen MR) is 132 cm³/mol. The minimum Gasteiger partial charge on any atom is -0.281 e. The molecule has 3 unspecified atom stereocenters. The van der Waals surface area contributed by atoms with Crippen molar-refractivity contribution in [1.82, 2.24) is 0 Å². The number of fused-ring (bicyclic) bond motifs is 2. The molecule has 3 nitrogen and oxygen atoms in total. The lowest BCUT2D eigenvalue weighted by Gasteiger charge is -2.24. The van der Waals surface area contributed by atoms with Gasteiger partial charge in [-0.1, -0.05) is 61.0 Å². The average molecular weight is 504 g/mol. The Morgan fingerprint density at radius 1 is 0.765 bits per heavy atom. The highest BCUT2D eigenvalue weighted by molar-refractivity contribution is 7.97. The van der Waals surface area contributed by atoms with E-state index in [9.17, 15) is 17.2 Å². The van der Waals surface area contributed by atoms with Gasteiger partial charge in [-0.05, 0) is 73.4 Å². The highest BCUT2D eigenvalue weighted by Crippen LogP contribution is 2.51. The molecule has 7 heteroatoms. The minimum absolute atomic E-state index is 0.0146. The molecule has 0 spiro atoms. The maximum atomic E-state index is 13.1. The molecule has 2 aliphatic rings. The van der Waals surface area contributed by atoms with E-state index in [2.05, 4.69) is 91.0 Å². The molecule has 5 rings (SSSR count). The number of halogens is 2. The SMILES string of the molecule is O=S(=O)(O)C(F)(F)CC1CC2CCC1C2.c1ccc([S+](c2ccccc2)c2ccccc2)cc1. The van der Waals surface area contributed by atoms with Crippen LogP contribution in [0, 0.1) is 17.8 Å². The lowest BCUT2D eigenvalue weighted by molar-refractivity contribution is 0.0423. The van der Waals surface area contributed by atoms with E-state index in [0.29, 0.717) is 12.3 Å². The molecule has 2 saturated carbocycles. The first-order valence-corrected chi connectivity index (χ1v) is 14.2. The second-order valence-corrected chi connectivity index (χ2v) is 12.6. The van der Waals surface area contributed by atoms with Crippen LogP contribution in [0.25, 0.3) is 0 Å². The molecule has 0 saturated heterocycles. The zero-order valence-electron chi connectivity index (χ0n) is 18.8. The molecule has 34 heavy (non-hydrogen) atoms. The monoisotopic (exact) mass is 503 g/mol. The Hall–Kier alpha value is -2.22. The number of benzene rings is 3. The van der Waals surface area contributed by atoms with Gasteiger partial charge in [0.25, 0.3) is 0 Å². The molecule has 1 N–H and O–H groups in total. The quantitative estimate of drug-likeness (QED) is 0.289. The van der Waals surface area contributed by atoms with Gasteiger partial charge in [-0.2, -0.15) is 17.2 Å². The van der Waals surface area contributed by atoms with Crippen LogP contribution in [0.3, 0.4) is 0 Å². The van der Waals surface area contributed by atoms with Crippen molar-refractivity contribution >= 4 is 21.0 Å². The second-order valence-electron chi connectivity index (χ2n) is 9.00. The van der Waals surface area contributed by atoms with Crippen LogP contribution < -0.4 is 0 Å². The normalized spacial score (nSPS) is 21.8. The highest BCUT2D eigenvalue weighted by atomic mass is 32.2. The Kier molecular flexibility index (Phi) is 7.75. The maximum absolute atomic E-state index is 13.1. The fourth-order valence-electron chi connectivity index (χ4n) is 5.11. The van der Waals surface area contributed by atoms with Gasteiger partial charge in [0.1, 0.15) is 0 Å². The van der Waals surface area contributed by atoms with Crippen molar-refractivity contribution in [1.29, 1.82) is 0 Å². The second kappa shape index (κ2) is 10.6. The third-order valence-electron chi connectivity index (χ3n) is 6.70. The van der Waals surface area contributed by atoms with E-state index in [1.54, 1.807) is 0 Å². The smallest absolute Gasteiger partial charge is 0.281 e. The number of rotatable bonds is 6. The van der Waals surface area contributed by atoms with Crippen molar-refractivity contribution in [3.63, 3.8) is 0 Å². The van der Waals surface area contributed by atoms with Gasteiger partial charge in [-0.15, -0.1) is 0 Å². The predicted octanol–water partition coefficient (Wildman–Crippen LogP) is 7.08. The molecule has 2 bridgehead atoms. The van der Waals surface area contributed by atoms with Crippen LogP contribution in [0.4, 0.5) is 8.78 Å². The van der Waals surface area contributed by atoms with E-state index in [0.717, 1.165) is 19.3 Å². The van der Waals surface area contributed by atoms with E-state index in [1.807, 2.05) is 0 Å². The molecule has 0 aliphatic heterocycles. The molecular formula is C27H29F2O3S2+. The fourth-order valence-corrected chi connectivity index (χ4v) is 7.64. The summed E-state index contributed by atoms with van der Waals surface area (Å²) >= 11 is 0. The van der Waals surface area contributed by atoms with Gasteiger partial charge in [-0.3, -0.25) is 4.55 Å². The first-order chi connectivity index (χ1) is 16.2. The summed E-state index contributed by atoms with van der Waals surface area (Å²) in [7, 11) is -5.25. The van der Waals surface area contributed by atoms with Gasteiger partial charge in [0.05, 0.1) is 10.9 Å². The summed E-state index contributed by atoms with van der Waals surface area (Å²) in [5.41, 5.74) is 0. The highest BCUT2D eigenvalue weighted by Gasteiger charge is 2.50. The lowest BCUT2D eigenvalue weighted by atomic mass is 9.86. The summed E-state index contributed by atoms with van der Waals surface area (Å²) < 4.78 is 55.4. The van der Waals surface area contributed by atoms with Crippen LogP contribution in [-0.4, -0.2) is 18.2 Å². The first kappa shape index (κ1) is 24.9. The zero-order chi connectivity index (χ0) is 24.2. The van der Waals surface area contributed by atoms with Crippen LogP contribution >= 0.6 is 0 Å². The summed E-state index contributed by atoms with van der Waals surface area (Å²) in [6.07, 6.45) is 2.94. The van der Waals surface area contributed by atoms with Crippen LogP contribution in [0.1, 0.15) is 32.1 Å². The molecular weight excluding hydrogens is 474 g/mol. The molecule has 180 valence electrons. The van der Waals surface area contributed by atoms with Crippen LogP contribution in [0.5, 0.6) is 0 Å². The number of hydrogen-bond acceptors (Lipinski definition) is 2. The van der Waals surface area contributed by atoms with Crippen molar-refractivity contribution in [3.8, 4) is 0 Å². The molecule has 2 fully saturated rings. The Balaban J connectivity index is 0.000000166. The summed E-state index contributed by atoms with van der Waals surface area (Å²) in [5, 5.41) is -3.97. The van der Waals surface area contributed by atoms with Crippen molar-refractivity contribution in [2.45, 2.75) is 52.0 Å². The Morgan fingerprint density at radius 3 is 1.53 bits per heavy atom. The van der Waals surface area contributed by atoms with Crippen molar-refractivity contribution < 1.29 is 21.8 Å². The summed E-state index contributed by atoms with van der Waals surface area (Å²) in [4.78, 5) is 4.08. The van der Waals surface area contributed by atoms with E-state index in [1.165, 1.54) is 14.7 Å². The van der Waals surface area contributed by atoms with Gasteiger partial charge < -0.3 is 0 Å². The Labute approximate surface area is 203 Å². The largest absolute Gasteiger partial charge is 0.370 e. The minimum atomic E-state index is -5.24. The van der Waals surface area contributed by atoms with Crippen molar-refractivity contribution in [3.05, 3.63) is 91.0 Å². The van der Waals surface area contributed by atoms with Crippen molar-refractivity contribution in [2.24, 2.45) is 17.8 Å².